The maximum Gasteiger partial charge on any atom is 0.174 e. The third-order valence-electron chi connectivity index (χ3n) is 3.78. The minimum absolute atomic E-state index is 0.108. The van der Waals surface area contributed by atoms with E-state index in [9.17, 15) is 5.11 Å². The molecule has 0 radical (unpaired) electrons. The molecule has 1 aliphatic rings. The normalized spacial score (nSPS) is 22.6. The summed E-state index contributed by atoms with van der Waals surface area (Å²) >= 11 is 3.51. The van der Waals surface area contributed by atoms with Gasteiger partial charge in [0.1, 0.15) is 0 Å². The number of methoxy groups -OCH3 is 2. The van der Waals surface area contributed by atoms with E-state index in [-0.39, 0.29) is 6.10 Å². The van der Waals surface area contributed by atoms with Gasteiger partial charge in [-0.3, -0.25) is 0 Å². The largest absolute Gasteiger partial charge is 0.493 e. The first-order valence-corrected chi connectivity index (χ1v) is 7.75. The minimum Gasteiger partial charge on any atom is -0.493 e. The Labute approximate surface area is 128 Å². The maximum atomic E-state index is 9.51. The number of hydrogen-bond donors (Lipinski definition) is 2. The summed E-state index contributed by atoms with van der Waals surface area (Å²) in [6.45, 7) is 0.791. The fourth-order valence-electron chi connectivity index (χ4n) is 2.62. The van der Waals surface area contributed by atoms with E-state index in [0.717, 1.165) is 53.8 Å². The zero-order valence-corrected chi connectivity index (χ0v) is 13.6. The molecule has 0 heterocycles. The van der Waals surface area contributed by atoms with Crippen LogP contribution in [0.25, 0.3) is 0 Å². The van der Waals surface area contributed by atoms with Crippen LogP contribution in [0.15, 0.2) is 16.6 Å². The van der Waals surface area contributed by atoms with E-state index >= 15 is 0 Å². The molecule has 0 amide bonds. The molecule has 1 aliphatic carbocycles. The molecule has 0 atom stereocenters. The molecule has 5 heteroatoms. The number of rotatable bonds is 5. The highest BCUT2D eigenvalue weighted by molar-refractivity contribution is 9.10. The maximum absolute atomic E-state index is 9.51. The number of benzene rings is 1. The van der Waals surface area contributed by atoms with E-state index in [2.05, 4.69) is 21.2 Å². The summed E-state index contributed by atoms with van der Waals surface area (Å²) in [6.07, 6.45) is 3.76. The highest BCUT2D eigenvalue weighted by Gasteiger charge is 2.19. The van der Waals surface area contributed by atoms with Gasteiger partial charge in [-0.15, -0.1) is 0 Å². The van der Waals surface area contributed by atoms with Crippen molar-refractivity contribution in [2.24, 2.45) is 0 Å². The molecule has 1 fully saturated rings. The average Bonchev–Trinajstić information content (AvgIpc) is 2.46. The van der Waals surface area contributed by atoms with Crippen LogP contribution in [0, 0.1) is 0 Å². The number of hydrogen-bond acceptors (Lipinski definition) is 4. The predicted octanol–water partition coefficient (Wildman–Crippen LogP) is 2.86. The van der Waals surface area contributed by atoms with Crippen LogP contribution in [0.4, 0.5) is 0 Å². The second kappa shape index (κ2) is 7.29. The molecular formula is C15H22BrNO3. The number of ether oxygens (including phenoxy) is 2. The van der Waals surface area contributed by atoms with Crippen molar-refractivity contribution in [3.05, 3.63) is 22.2 Å². The van der Waals surface area contributed by atoms with Crippen molar-refractivity contribution in [3.63, 3.8) is 0 Å². The van der Waals surface area contributed by atoms with Crippen molar-refractivity contribution in [2.75, 3.05) is 14.2 Å². The van der Waals surface area contributed by atoms with Gasteiger partial charge in [0.05, 0.1) is 24.8 Å². The molecule has 0 unspecified atom stereocenters. The zero-order valence-electron chi connectivity index (χ0n) is 12.0. The van der Waals surface area contributed by atoms with Gasteiger partial charge in [-0.05, 0) is 59.3 Å². The molecule has 0 aliphatic heterocycles. The molecule has 0 aromatic heterocycles. The molecule has 1 aromatic rings. The van der Waals surface area contributed by atoms with Gasteiger partial charge in [-0.25, -0.2) is 0 Å². The third kappa shape index (κ3) is 3.87. The first-order valence-electron chi connectivity index (χ1n) is 6.96. The average molecular weight is 344 g/mol. The molecule has 20 heavy (non-hydrogen) atoms. The number of halogens is 1. The lowest BCUT2D eigenvalue weighted by Gasteiger charge is -2.26. The quantitative estimate of drug-likeness (QED) is 0.863. The summed E-state index contributed by atoms with van der Waals surface area (Å²) in [4.78, 5) is 0. The monoisotopic (exact) mass is 343 g/mol. The number of aliphatic hydroxyl groups is 1. The topological polar surface area (TPSA) is 50.7 Å². The van der Waals surface area contributed by atoms with Gasteiger partial charge < -0.3 is 19.9 Å². The molecule has 0 saturated heterocycles. The first-order chi connectivity index (χ1) is 9.63. The predicted molar refractivity (Wildman–Crippen MR) is 82.3 cm³/mol. The highest BCUT2D eigenvalue weighted by Crippen LogP contribution is 2.36. The van der Waals surface area contributed by atoms with Crippen LogP contribution in [0.5, 0.6) is 11.5 Å². The third-order valence-corrected chi connectivity index (χ3v) is 4.37. The summed E-state index contributed by atoms with van der Waals surface area (Å²) in [5, 5.41) is 13.1. The van der Waals surface area contributed by atoms with Crippen molar-refractivity contribution < 1.29 is 14.6 Å². The van der Waals surface area contributed by atoms with E-state index in [1.54, 1.807) is 14.2 Å². The second-order valence-electron chi connectivity index (χ2n) is 5.20. The summed E-state index contributed by atoms with van der Waals surface area (Å²) in [5.41, 5.74) is 1.15. The Morgan fingerprint density at radius 2 is 1.90 bits per heavy atom. The lowest BCUT2D eigenvalue weighted by molar-refractivity contribution is 0.116. The summed E-state index contributed by atoms with van der Waals surface area (Å²) in [5.74, 6) is 1.45. The summed E-state index contributed by atoms with van der Waals surface area (Å²) < 4.78 is 11.6. The zero-order chi connectivity index (χ0) is 14.5. The summed E-state index contributed by atoms with van der Waals surface area (Å²) in [6, 6.07) is 4.53. The van der Waals surface area contributed by atoms with Crippen LogP contribution in [0.2, 0.25) is 0 Å². The number of aliphatic hydroxyl groups excluding tert-OH is 1. The lowest BCUT2D eigenvalue weighted by Crippen LogP contribution is -2.34. The fourth-order valence-corrected chi connectivity index (χ4v) is 3.27. The van der Waals surface area contributed by atoms with Crippen LogP contribution in [0.1, 0.15) is 31.2 Å². The van der Waals surface area contributed by atoms with E-state index in [1.165, 1.54) is 0 Å². The Bertz CT molecular complexity index is 445. The SMILES string of the molecule is COc1cc(CNC2CCC(O)CC2)cc(Br)c1OC. The Morgan fingerprint density at radius 1 is 1.20 bits per heavy atom. The minimum atomic E-state index is -0.108. The smallest absolute Gasteiger partial charge is 0.174 e. The Balaban J connectivity index is 1.97. The van der Waals surface area contributed by atoms with Crippen molar-refractivity contribution in [1.82, 2.24) is 5.32 Å². The van der Waals surface area contributed by atoms with Gasteiger partial charge in [0, 0.05) is 12.6 Å². The van der Waals surface area contributed by atoms with Crippen LogP contribution in [-0.4, -0.2) is 31.5 Å². The van der Waals surface area contributed by atoms with E-state index in [0.29, 0.717) is 6.04 Å². The second-order valence-corrected chi connectivity index (χ2v) is 6.05. The molecule has 1 saturated carbocycles. The molecule has 2 N–H and O–H groups in total. The summed E-state index contributed by atoms with van der Waals surface area (Å²) in [7, 11) is 3.28. The van der Waals surface area contributed by atoms with Gasteiger partial charge in [0.2, 0.25) is 0 Å². The Hall–Kier alpha value is -0.780. The van der Waals surface area contributed by atoms with Gasteiger partial charge in [-0.1, -0.05) is 0 Å². The van der Waals surface area contributed by atoms with Crippen molar-refractivity contribution in [1.29, 1.82) is 0 Å². The molecule has 2 rings (SSSR count). The molecule has 112 valence electrons. The van der Waals surface area contributed by atoms with Crippen LogP contribution in [-0.2, 0) is 6.54 Å². The lowest BCUT2D eigenvalue weighted by atomic mass is 9.93. The Morgan fingerprint density at radius 3 is 2.50 bits per heavy atom. The molecule has 0 bridgehead atoms. The van der Waals surface area contributed by atoms with Gasteiger partial charge in [0.15, 0.2) is 11.5 Å². The standard InChI is InChI=1S/C15H22BrNO3/c1-19-14-8-10(7-13(16)15(14)20-2)9-17-11-3-5-12(18)6-4-11/h7-8,11-12,17-18H,3-6,9H2,1-2H3. The van der Waals surface area contributed by atoms with Crippen LogP contribution >= 0.6 is 15.9 Å². The van der Waals surface area contributed by atoms with E-state index in [4.69, 9.17) is 9.47 Å². The first kappa shape index (κ1) is 15.6. The van der Waals surface area contributed by atoms with Crippen LogP contribution in [0.3, 0.4) is 0 Å². The van der Waals surface area contributed by atoms with Gasteiger partial charge in [0.25, 0.3) is 0 Å². The number of nitrogens with one attached hydrogen (secondary N) is 1. The highest BCUT2D eigenvalue weighted by atomic mass is 79.9. The van der Waals surface area contributed by atoms with Gasteiger partial charge in [-0.2, -0.15) is 0 Å². The Kier molecular flexibility index (Phi) is 5.69. The fraction of sp³-hybridized carbons (Fsp3) is 0.600. The van der Waals surface area contributed by atoms with E-state index < -0.39 is 0 Å². The van der Waals surface area contributed by atoms with Crippen molar-refractivity contribution >= 4 is 15.9 Å². The molecule has 1 aromatic carbocycles. The van der Waals surface area contributed by atoms with Crippen molar-refractivity contribution in [2.45, 2.75) is 44.4 Å². The van der Waals surface area contributed by atoms with Gasteiger partial charge >= 0.3 is 0 Å². The molecule has 0 spiro atoms. The van der Waals surface area contributed by atoms with E-state index in [1.807, 2.05) is 12.1 Å². The van der Waals surface area contributed by atoms with Crippen LogP contribution < -0.4 is 14.8 Å². The molecule has 4 nitrogen and oxygen atoms in total. The molecular weight excluding hydrogens is 322 g/mol. The van der Waals surface area contributed by atoms with Crippen molar-refractivity contribution in [3.8, 4) is 11.5 Å².